The number of alkyl halides is 2. The topological polar surface area (TPSA) is 29.3 Å². The van der Waals surface area contributed by atoms with Crippen LogP contribution in [0, 0.1) is 5.41 Å². The molecule has 1 heterocycles. The molecule has 0 aromatic carbocycles. The summed E-state index contributed by atoms with van der Waals surface area (Å²) in [7, 11) is 0. The molecule has 0 bridgehead atoms. The highest BCUT2D eigenvalue weighted by molar-refractivity contribution is 5.11. The van der Waals surface area contributed by atoms with Crippen molar-refractivity contribution in [1.82, 2.24) is 5.01 Å². The third kappa shape index (κ3) is 0.964. The van der Waals surface area contributed by atoms with E-state index in [1.165, 1.54) is 0 Å². The van der Waals surface area contributed by atoms with Gasteiger partial charge in [-0.05, 0) is 12.8 Å². The van der Waals surface area contributed by atoms with Gasteiger partial charge in [-0.1, -0.05) is 0 Å². The lowest BCUT2D eigenvalue weighted by atomic mass is 9.94. The molecule has 1 saturated carbocycles. The third-order valence-corrected chi connectivity index (χ3v) is 2.97. The standard InChI is InChI=1S/C7H12F2N2/c8-7(9)5-6(7)1-3-11(10)4-2-6/h1-5,10H2. The molecule has 64 valence electrons. The van der Waals surface area contributed by atoms with Crippen molar-refractivity contribution in [2.24, 2.45) is 11.3 Å². The number of nitrogens with zero attached hydrogens (tertiary/aromatic N) is 1. The predicted molar refractivity (Wildman–Crippen MR) is 37.0 cm³/mol. The van der Waals surface area contributed by atoms with E-state index >= 15 is 0 Å². The van der Waals surface area contributed by atoms with Gasteiger partial charge in [-0.3, -0.25) is 5.84 Å². The Balaban J connectivity index is 2.00. The molecule has 2 N–H and O–H groups in total. The summed E-state index contributed by atoms with van der Waals surface area (Å²) in [5.74, 6) is 3.08. The molecule has 2 aliphatic rings. The van der Waals surface area contributed by atoms with Crippen LogP contribution in [0.15, 0.2) is 0 Å². The zero-order valence-electron chi connectivity index (χ0n) is 6.32. The molecular weight excluding hydrogens is 150 g/mol. The summed E-state index contributed by atoms with van der Waals surface area (Å²) < 4.78 is 25.5. The Morgan fingerprint density at radius 3 is 2.00 bits per heavy atom. The average molecular weight is 162 g/mol. The van der Waals surface area contributed by atoms with Gasteiger partial charge < -0.3 is 0 Å². The lowest BCUT2D eigenvalue weighted by Crippen LogP contribution is -2.40. The molecule has 11 heavy (non-hydrogen) atoms. The van der Waals surface area contributed by atoms with Crippen LogP contribution in [0.5, 0.6) is 0 Å². The molecule has 0 unspecified atom stereocenters. The zero-order valence-corrected chi connectivity index (χ0v) is 6.32. The van der Waals surface area contributed by atoms with Crippen LogP contribution in [0.25, 0.3) is 0 Å². The molecule has 0 aromatic heterocycles. The van der Waals surface area contributed by atoms with Gasteiger partial charge in [0.2, 0.25) is 0 Å². The second-order valence-corrected chi connectivity index (χ2v) is 3.70. The van der Waals surface area contributed by atoms with Crippen LogP contribution in [-0.4, -0.2) is 24.0 Å². The van der Waals surface area contributed by atoms with E-state index in [0.717, 1.165) is 0 Å². The Labute approximate surface area is 64.3 Å². The van der Waals surface area contributed by atoms with Crippen LogP contribution in [0.4, 0.5) is 8.78 Å². The highest BCUT2D eigenvalue weighted by atomic mass is 19.3. The van der Waals surface area contributed by atoms with E-state index in [9.17, 15) is 8.78 Å². The molecule has 1 aliphatic carbocycles. The maximum absolute atomic E-state index is 12.7. The van der Waals surface area contributed by atoms with Crippen LogP contribution < -0.4 is 5.84 Å². The summed E-state index contributed by atoms with van der Waals surface area (Å²) in [6.45, 7) is 1.24. The van der Waals surface area contributed by atoms with E-state index in [1.54, 1.807) is 5.01 Å². The molecule has 1 spiro atoms. The molecule has 1 saturated heterocycles. The number of rotatable bonds is 0. The van der Waals surface area contributed by atoms with E-state index in [-0.39, 0.29) is 6.42 Å². The van der Waals surface area contributed by atoms with Crippen LogP contribution in [-0.2, 0) is 0 Å². The molecule has 2 rings (SSSR count). The number of hydrazine groups is 1. The van der Waals surface area contributed by atoms with Crippen LogP contribution in [0.2, 0.25) is 0 Å². The third-order valence-electron chi connectivity index (χ3n) is 2.97. The van der Waals surface area contributed by atoms with Gasteiger partial charge in [0, 0.05) is 24.9 Å². The van der Waals surface area contributed by atoms with Crippen molar-refractivity contribution in [3.05, 3.63) is 0 Å². The van der Waals surface area contributed by atoms with Crippen LogP contribution in [0.3, 0.4) is 0 Å². The van der Waals surface area contributed by atoms with E-state index in [4.69, 9.17) is 5.84 Å². The first-order valence-corrected chi connectivity index (χ1v) is 3.93. The number of piperidine rings is 1. The minimum Gasteiger partial charge on any atom is -0.269 e. The Morgan fingerprint density at radius 1 is 1.18 bits per heavy atom. The summed E-state index contributed by atoms with van der Waals surface area (Å²) in [5, 5.41) is 1.62. The number of hydrogen-bond acceptors (Lipinski definition) is 2. The first-order valence-electron chi connectivity index (χ1n) is 3.93. The minimum absolute atomic E-state index is 0.0911. The number of halogens is 2. The monoisotopic (exact) mass is 162 g/mol. The Kier molecular flexibility index (Phi) is 1.30. The van der Waals surface area contributed by atoms with Crippen molar-refractivity contribution in [3.63, 3.8) is 0 Å². The predicted octanol–water partition coefficient (Wildman–Crippen LogP) is 0.981. The van der Waals surface area contributed by atoms with Crippen molar-refractivity contribution >= 4 is 0 Å². The molecule has 0 atom stereocenters. The van der Waals surface area contributed by atoms with Crippen molar-refractivity contribution in [3.8, 4) is 0 Å². The van der Waals surface area contributed by atoms with Crippen molar-refractivity contribution < 1.29 is 8.78 Å². The lowest BCUT2D eigenvalue weighted by molar-refractivity contribution is 0.0314. The SMILES string of the molecule is NN1CCC2(CC1)CC2(F)F. The maximum atomic E-state index is 12.7. The van der Waals surface area contributed by atoms with E-state index in [2.05, 4.69) is 0 Å². The van der Waals surface area contributed by atoms with Crippen LogP contribution >= 0.6 is 0 Å². The molecule has 2 nitrogen and oxygen atoms in total. The summed E-state index contributed by atoms with van der Waals surface area (Å²) in [4.78, 5) is 0. The van der Waals surface area contributed by atoms with Gasteiger partial charge in [0.1, 0.15) is 0 Å². The minimum atomic E-state index is -2.38. The maximum Gasteiger partial charge on any atom is 0.254 e. The lowest BCUT2D eigenvalue weighted by Gasteiger charge is -2.28. The molecule has 2 fully saturated rings. The highest BCUT2D eigenvalue weighted by Gasteiger charge is 2.70. The van der Waals surface area contributed by atoms with E-state index < -0.39 is 11.3 Å². The Hall–Kier alpha value is -0.220. The Bertz CT molecular complexity index is 173. The summed E-state index contributed by atoms with van der Waals surface area (Å²) in [6.07, 6.45) is 1.22. The molecule has 0 amide bonds. The fourth-order valence-corrected chi connectivity index (χ4v) is 1.88. The number of nitrogens with two attached hydrogens (primary N) is 1. The van der Waals surface area contributed by atoms with Crippen molar-refractivity contribution in [2.75, 3.05) is 13.1 Å². The summed E-state index contributed by atoms with van der Waals surface area (Å²) >= 11 is 0. The summed E-state index contributed by atoms with van der Waals surface area (Å²) in [5.41, 5.74) is -0.650. The first kappa shape index (κ1) is 7.43. The van der Waals surface area contributed by atoms with Crippen molar-refractivity contribution in [2.45, 2.75) is 25.2 Å². The second-order valence-electron chi connectivity index (χ2n) is 3.70. The normalized spacial score (nSPS) is 34.1. The van der Waals surface area contributed by atoms with Gasteiger partial charge in [0.15, 0.2) is 0 Å². The average Bonchev–Trinajstić information content (AvgIpc) is 2.44. The fraction of sp³-hybridized carbons (Fsp3) is 1.00. The fourth-order valence-electron chi connectivity index (χ4n) is 1.88. The van der Waals surface area contributed by atoms with Gasteiger partial charge in [-0.25, -0.2) is 13.8 Å². The van der Waals surface area contributed by atoms with Gasteiger partial charge in [-0.2, -0.15) is 0 Å². The van der Waals surface area contributed by atoms with Gasteiger partial charge in [0.05, 0.1) is 0 Å². The van der Waals surface area contributed by atoms with E-state index in [1.807, 2.05) is 0 Å². The quantitative estimate of drug-likeness (QED) is 0.538. The molecule has 0 aromatic rings. The Morgan fingerprint density at radius 2 is 1.64 bits per heavy atom. The summed E-state index contributed by atoms with van der Waals surface area (Å²) in [6, 6.07) is 0. The molecule has 4 heteroatoms. The van der Waals surface area contributed by atoms with Gasteiger partial charge >= 0.3 is 0 Å². The van der Waals surface area contributed by atoms with E-state index in [0.29, 0.717) is 25.9 Å². The molecule has 0 radical (unpaired) electrons. The number of hydrogen-bond donors (Lipinski definition) is 1. The van der Waals surface area contributed by atoms with Gasteiger partial charge in [-0.15, -0.1) is 0 Å². The highest BCUT2D eigenvalue weighted by Crippen LogP contribution is 2.65. The van der Waals surface area contributed by atoms with Crippen LogP contribution in [0.1, 0.15) is 19.3 Å². The first-order chi connectivity index (χ1) is 5.06. The second kappa shape index (κ2) is 1.93. The molecule has 1 aliphatic heterocycles. The molecular formula is C7H12F2N2. The zero-order chi connectivity index (χ0) is 8.11. The largest absolute Gasteiger partial charge is 0.269 e. The van der Waals surface area contributed by atoms with Gasteiger partial charge in [0.25, 0.3) is 5.92 Å². The van der Waals surface area contributed by atoms with Crippen molar-refractivity contribution in [1.29, 1.82) is 0 Å². The smallest absolute Gasteiger partial charge is 0.254 e.